The molecule has 148 valence electrons. The molecule has 1 fully saturated rings. The largest absolute Gasteiger partial charge is 0.339 e. The van der Waals surface area contributed by atoms with Crippen LogP contribution in [0.2, 0.25) is 5.02 Å². The Kier molecular flexibility index (Phi) is 5.07. The average molecular weight is 411 g/mol. The van der Waals surface area contributed by atoms with Crippen molar-refractivity contribution in [1.29, 1.82) is 0 Å². The van der Waals surface area contributed by atoms with E-state index in [9.17, 15) is 9.59 Å². The Bertz CT molecular complexity index is 1100. The molecule has 0 bridgehead atoms. The van der Waals surface area contributed by atoms with E-state index in [2.05, 4.69) is 15.5 Å². The molecule has 1 aliphatic rings. The van der Waals surface area contributed by atoms with E-state index in [0.29, 0.717) is 34.7 Å². The van der Waals surface area contributed by atoms with Crippen LogP contribution >= 0.6 is 11.6 Å². The van der Waals surface area contributed by atoms with Crippen LogP contribution in [0.15, 0.2) is 47.0 Å². The average Bonchev–Trinajstić information content (AvgIpc) is 3.30. The molecule has 8 heteroatoms. The summed E-state index contributed by atoms with van der Waals surface area (Å²) in [4.78, 5) is 31.1. The first-order chi connectivity index (χ1) is 13.9. The van der Waals surface area contributed by atoms with Gasteiger partial charge in [-0.3, -0.25) is 9.59 Å². The van der Waals surface area contributed by atoms with Crippen molar-refractivity contribution < 1.29 is 14.1 Å². The van der Waals surface area contributed by atoms with Gasteiger partial charge < -0.3 is 14.7 Å². The number of halogens is 1. The van der Waals surface area contributed by atoms with Crippen molar-refractivity contribution in [2.24, 2.45) is 5.92 Å². The predicted molar refractivity (Wildman–Crippen MR) is 110 cm³/mol. The first-order valence-corrected chi connectivity index (χ1v) is 9.56. The summed E-state index contributed by atoms with van der Waals surface area (Å²) in [5.74, 6) is 0.213. The van der Waals surface area contributed by atoms with Crippen LogP contribution in [0.25, 0.3) is 11.4 Å². The maximum Gasteiger partial charge on any atom is 0.229 e. The van der Waals surface area contributed by atoms with E-state index in [1.807, 2.05) is 31.2 Å². The lowest BCUT2D eigenvalue weighted by Gasteiger charge is -2.17. The molecule has 0 aliphatic carbocycles. The van der Waals surface area contributed by atoms with Crippen molar-refractivity contribution in [2.75, 3.05) is 16.8 Å². The van der Waals surface area contributed by atoms with Crippen LogP contribution in [0.4, 0.5) is 11.4 Å². The maximum absolute atomic E-state index is 12.7. The van der Waals surface area contributed by atoms with Crippen LogP contribution in [-0.4, -0.2) is 28.5 Å². The van der Waals surface area contributed by atoms with Gasteiger partial charge in [0.15, 0.2) is 0 Å². The fourth-order valence-corrected chi connectivity index (χ4v) is 3.59. The minimum atomic E-state index is -0.436. The second kappa shape index (κ2) is 7.67. The Labute approximate surface area is 172 Å². The first-order valence-electron chi connectivity index (χ1n) is 9.19. The standard InChI is InChI=1S/C21H19ClN4O3/c1-12-8-16(22)6-7-18(12)24-21(28)15-10-19(27)26(11-15)17-5-3-4-14(9-17)20-23-13(2)29-25-20/h3-9,15H,10-11H2,1-2H3,(H,24,28)/t15-/m1/s1. The highest BCUT2D eigenvalue weighted by molar-refractivity contribution is 6.30. The van der Waals surface area contributed by atoms with Gasteiger partial charge in [-0.1, -0.05) is 28.9 Å². The lowest BCUT2D eigenvalue weighted by atomic mass is 10.1. The van der Waals surface area contributed by atoms with Crippen LogP contribution in [-0.2, 0) is 9.59 Å². The number of carbonyl (C=O) groups excluding carboxylic acids is 2. The van der Waals surface area contributed by atoms with Gasteiger partial charge in [0, 0.05) is 41.9 Å². The highest BCUT2D eigenvalue weighted by Gasteiger charge is 2.35. The predicted octanol–water partition coefficient (Wildman–Crippen LogP) is 4.00. The van der Waals surface area contributed by atoms with Crippen molar-refractivity contribution >= 4 is 34.8 Å². The molecule has 1 saturated heterocycles. The normalized spacial score (nSPS) is 16.3. The molecule has 2 amide bonds. The summed E-state index contributed by atoms with van der Waals surface area (Å²) >= 11 is 5.97. The molecule has 0 unspecified atom stereocenters. The molecule has 3 aromatic rings. The molecule has 29 heavy (non-hydrogen) atoms. The Morgan fingerprint density at radius 1 is 1.24 bits per heavy atom. The molecule has 1 aromatic heterocycles. The van der Waals surface area contributed by atoms with E-state index in [4.69, 9.17) is 16.1 Å². The number of aromatic nitrogens is 2. The Hall–Kier alpha value is -3.19. The van der Waals surface area contributed by atoms with E-state index < -0.39 is 5.92 Å². The molecule has 2 heterocycles. The lowest BCUT2D eigenvalue weighted by Crippen LogP contribution is -2.28. The van der Waals surface area contributed by atoms with E-state index in [1.54, 1.807) is 30.0 Å². The SMILES string of the molecule is Cc1nc(-c2cccc(N3C[C@H](C(=O)Nc4ccc(Cl)cc4C)CC3=O)c2)no1. The van der Waals surface area contributed by atoms with Gasteiger partial charge in [0.25, 0.3) is 0 Å². The first kappa shape index (κ1) is 19.1. The molecule has 4 rings (SSSR count). The smallest absolute Gasteiger partial charge is 0.229 e. The Morgan fingerprint density at radius 2 is 2.07 bits per heavy atom. The third-order valence-electron chi connectivity index (χ3n) is 4.89. The molecule has 1 N–H and O–H groups in total. The van der Waals surface area contributed by atoms with E-state index in [-0.39, 0.29) is 18.2 Å². The van der Waals surface area contributed by atoms with Crippen LogP contribution in [0.1, 0.15) is 17.9 Å². The lowest BCUT2D eigenvalue weighted by molar-refractivity contribution is -0.122. The second-order valence-electron chi connectivity index (χ2n) is 7.04. The third kappa shape index (κ3) is 4.00. The fraction of sp³-hybridized carbons (Fsp3) is 0.238. The van der Waals surface area contributed by atoms with Gasteiger partial charge in [0.2, 0.25) is 23.5 Å². The quantitative estimate of drug-likeness (QED) is 0.702. The molecular formula is C21H19ClN4O3. The van der Waals surface area contributed by atoms with Crippen molar-refractivity contribution in [3.05, 3.63) is 58.9 Å². The van der Waals surface area contributed by atoms with Crippen LogP contribution in [0.5, 0.6) is 0 Å². The Morgan fingerprint density at radius 3 is 2.79 bits per heavy atom. The van der Waals surface area contributed by atoms with Gasteiger partial charge in [0.05, 0.1) is 5.92 Å². The fourth-order valence-electron chi connectivity index (χ4n) is 3.36. The van der Waals surface area contributed by atoms with Gasteiger partial charge in [0.1, 0.15) is 0 Å². The van der Waals surface area contributed by atoms with E-state index >= 15 is 0 Å². The number of hydrogen-bond acceptors (Lipinski definition) is 5. The van der Waals surface area contributed by atoms with Crippen LogP contribution in [0, 0.1) is 19.8 Å². The zero-order chi connectivity index (χ0) is 20.5. The van der Waals surface area contributed by atoms with Gasteiger partial charge in [-0.25, -0.2) is 0 Å². The zero-order valence-electron chi connectivity index (χ0n) is 16.0. The summed E-state index contributed by atoms with van der Waals surface area (Å²) in [5.41, 5.74) is 3.01. The summed E-state index contributed by atoms with van der Waals surface area (Å²) in [5, 5.41) is 7.43. The van der Waals surface area contributed by atoms with E-state index in [0.717, 1.165) is 11.1 Å². The molecule has 0 radical (unpaired) electrons. The van der Waals surface area contributed by atoms with Crippen molar-refractivity contribution in [1.82, 2.24) is 10.1 Å². The maximum atomic E-state index is 12.7. The number of hydrogen-bond donors (Lipinski definition) is 1. The van der Waals surface area contributed by atoms with Crippen molar-refractivity contribution in [3.8, 4) is 11.4 Å². The summed E-state index contributed by atoms with van der Waals surface area (Å²) in [7, 11) is 0. The summed E-state index contributed by atoms with van der Waals surface area (Å²) in [6.45, 7) is 3.90. The highest BCUT2D eigenvalue weighted by atomic mass is 35.5. The van der Waals surface area contributed by atoms with Gasteiger partial charge in [-0.2, -0.15) is 4.98 Å². The highest BCUT2D eigenvalue weighted by Crippen LogP contribution is 2.29. The number of benzene rings is 2. The number of rotatable bonds is 4. The number of nitrogens with one attached hydrogen (secondary N) is 1. The third-order valence-corrected chi connectivity index (χ3v) is 5.12. The number of anilines is 2. The van der Waals surface area contributed by atoms with E-state index in [1.165, 1.54) is 0 Å². The zero-order valence-corrected chi connectivity index (χ0v) is 16.7. The molecule has 7 nitrogen and oxygen atoms in total. The molecular weight excluding hydrogens is 392 g/mol. The topological polar surface area (TPSA) is 88.3 Å². The van der Waals surface area contributed by atoms with Crippen molar-refractivity contribution in [3.63, 3.8) is 0 Å². The Balaban J connectivity index is 1.50. The molecule has 1 aliphatic heterocycles. The molecule has 2 aromatic carbocycles. The monoisotopic (exact) mass is 410 g/mol. The summed E-state index contributed by atoms with van der Waals surface area (Å²) in [6.07, 6.45) is 0.157. The molecule has 1 atom stereocenters. The molecule has 0 saturated carbocycles. The summed E-state index contributed by atoms with van der Waals surface area (Å²) in [6, 6.07) is 12.6. The minimum Gasteiger partial charge on any atom is -0.339 e. The second-order valence-corrected chi connectivity index (χ2v) is 7.48. The van der Waals surface area contributed by atoms with Gasteiger partial charge >= 0.3 is 0 Å². The van der Waals surface area contributed by atoms with Gasteiger partial charge in [-0.15, -0.1) is 0 Å². The van der Waals surface area contributed by atoms with Crippen LogP contribution in [0.3, 0.4) is 0 Å². The number of amides is 2. The van der Waals surface area contributed by atoms with Crippen molar-refractivity contribution in [2.45, 2.75) is 20.3 Å². The minimum absolute atomic E-state index is 0.0978. The van der Waals surface area contributed by atoms with Crippen LogP contribution < -0.4 is 10.2 Å². The summed E-state index contributed by atoms with van der Waals surface area (Å²) < 4.78 is 5.02. The number of carbonyl (C=O) groups is 2. The number of nitrogens with zero attached hydrogens (tertiary/aromatic N) is 3. The van der Waals surface area contributed by atoms with Gasteiger partial charge in [-0.05, 0) is 42.8 Å². The molecule has 0 spiro atoms. The number of aryl methyl sites for hydroxylation is 2.